The van der Waals surface area contributed by atoms with Gasteiger partial charge in [0.15, 0.2) is 0 Å². The van der Waals surface area contributed by atoms with Crippen LogP contribution in [-0.2, 0) is 28.9 Å². The molecule has 0 fully saturated rings. The number of carbonyl (C=O) groups excluding carboxylic acids is 1. The Bertz CT molecular complexity index is 611. The van der Waals surface area contributed by atoms with Gasteiger partial charge in [-0.2, -0.15) is 0 Å². The molecule has 1 aromatic heterocycles. The first-order valence-electron chi connectivity index (χ1n) is 8.46. The Labute approximate surface area is 144 Å². The van der Waals surface area contributed by atoms with Crippen LogP contribution < -0.4 is 0 Å². The minimum atomic E-state index is 0.149. The number of benzene rings is 1. The Morgan fingerprint density at radius 2 is 1.88 bits per heavy atom. The first-order chi connectivity index (χ1) is 11.7. The quantitative estimate of drug-likeness (QED) is 0.710. The van der Waals surface area contributed by atoms with Crippen molar-refractivity contribution in [3.8, 4) is 0 Å². The van der Waals surface area contributed by atoms with Gasteiger partial charge >= 0.3 is 0 Å². The number of rotatable bonds is 9. The Balaban J connectivity index is 1.96. The second-order valence-corrected chi connectivity index (χ2v) is 5.84. The first kappa shape index (κ1) is 18.1. The highest BCUT2D eigenvalue weighted by Gasteiger charge is 2.14. The van der Waals surface area contributed by atoms with E-state index in [1.807, 2.05) is 23.2 Å². The minimum Gasteiger partial charge on any atom is -0.383 e. The number of hydrogen-bond acceptors (Lipinski definition) is 3. The summed E-state index contributed by atoms with van der Waals surface area (Å²) in [4.78, 5) is 18.6. The van der Waals surface area contributed by atoms with Crippen LogP contribution in [0, 0.1) is 0 Å². The Hall–Kier alpha value is -2.20. The standard InChI is InChI=1S/C20H26N2O2/c1-3-17-6-8-19(9-7-17)16-22(13-14-24-2)20(23)11-10-18-5-4-12-21-15-18/h4-9,12,15H,3,10-11,13-14,16H2,1-2H3. The first-order valence-corrected chi connectivity index (χ1v) is 8.46. The average molecular weight is 326 g/mol. The van der Waals surface area contributed by atoms with Crippen LogP contribution in [0.3, 0.4) is 0 Å². The maximum atomic E-state index is 12.6. The van der Waals surface area contributed by atoms with E-state index >= 15 is 0 Å². The van der Waals surface area contributed by atoms with E-state index in [0.29, 0.717) is 32.5 Å². The van der Waals surface area contributed by atoms with E-state index in [9.17, 15) is 4.79 Å². The molecule has 0 spiro atoms. The molecule has 1 aromatic carbocycles. The number of pyridine rings is 1. The van der Waals surface area contributed by atoms with Crippen LogP contribution in [0.1, 0.15) is 30.0 Å². The van der Waals surface area contributed by atoms with E-state index in [0.717, 1.165) is 17.5 Å². The van der Waals surface area contributed by atoms with E-state index in [-0.39, 0.29) is 5.91 Å². The van der Waals surface area contributed by atoms with Crippen molar-refractivity contribution in [2.75, 3.05) is 20.3 Å². The molecule has 0 aliphatic rings. The summed E-state index contributed by atoms with van der Waals surface area (Å²) in [5, 5.41) is 0. The molecule has 0 saturated carbocycles. The number of carbonyl (C=O) groups is 1. The second kappa shape index (κ2) is 9.83. The van der Waals surface area contributed by atoms with Crippen LogP contribution >= 0.6 is 0 Å². The molecule has 0 aliphatic heterocycles. The van der Waals surface area contributed by atoms with Crippen LogP contribution in [0.15, 0.2) is 48.8 Å². The molecule has 0 N–H and O–H groups in total. The molecule has 128 valence electrons. The van der Waals surface area contributed by atoms with Crippen LogP contribution in [0.5, 0.6) is 0 Å². The topological polar surface area (TPSA) is 42.4 Å². The lowest BCUT2D eigenvalue weighted by Gasteiger charge is -2.23. The molecule has 1 heterocycles. The second-order valence-electron chi connectivity index (χ2n) is 5.84. The molecule has 24 heavy (non-hydrogen) atoms. The minimum absolute atomic E-state index is 0.149. The Morgan fingerprint density at radius 3 is 2.50 bits per heavy atom. The summed E-state index contributed by atoms with van der Waals surface area (Å²) in [5.41, 5.74) is 3.55. The normalized spacial score (nSPS) is 10.6. The van der Waals surface area contributed by atoms with Gasteiger partial charge in [-0.25, -0.2) is 0 Å². The molecule has 1 amide bonds. The molecule has 0 saturated heterocycles. The number of methoxy groups -OCH3 is 1. The van der Waals surface area contributed by atoms with Crippen molar-refractivity contribution in [3.63, 3.8) is 0 Å². The fourth-order valence-electron chi connectivity index (χ4n) is 2.55. The van der Waals surface area contributed by atoms with E-state index < -0.39 is 0 Å². The molecule has 0 atom stereocenters. The number of aromatic nitrogens is 1. The van der Waals surface area contributed by atoms with Gasteiger partial charge in [0.1, 0.15) is 0 Å². The van der Waals surface area contributed by atoms with Gasteiger partial charge < -0.3 is 9.64 Å². The van der Waals surface area contributed by atoms with E-state index in [1.165, 1.54) is 5.56 Å². The summed E-state index contributed by atoms with van der Waals surface area (Å²) >= 11 is 0. The molecule has 0 radical (unpaired) electrons. The lowest BCUT2D eigenvalue weighted by Crippen LogP contribution is -2.33. The zero-order valence-corrected chi connectivity index (χ0v) is 14.6. The van der Waals surface area contributed by atoms with Crippen molar-refractivity contribution in [2.24, 2.45) is 0 Å². The highest BCUT2D eigenvalue weighted by molar-refractivity contribution is 5.76. The number of aryl methyl sites for hydroxylation is 2. The number of hydrogen-bond donors (Lipinski definition) is 0. The molecule has 0 aliphatic carbocycles. The van der Waals surface area contributed by atoms with Gasteiger partial charge in [-0.05, 0) is 35.6 Å². The lowest BCUT2D eigenvalue weighted by molar-refractivity contribution is -0.132. The van der Waals surface area contributed by atoms with Crippen molar-refractivity contribution in [1.29, 1.82) is 0 Å². The molecule has 2 rings (SSSR count). The third-order valence-electron chi connectivity index (χ3n) is 4.07. The van der Waals surface area contributed by atoms with Crippen molar-refractivity contribution in [1.82, 2.24) is 9.88 Å². The molecular weight excluding hydrogens is 300 g/mol. The van der Waals surface area contributed by atoms with E-state index in [1.54, 1.807) is 13.3 Å². The zero-order valence-electron chi connectivity index (χ0n) is 14.6. The van der Waals surface area contributed by atoms with Gasteiger partial charge in [-0.1, -0.05) is 37.3 Å². The smallest absolute Gasteiger partial charge is 0.223 e. The molecule has 0 unspecified atom stereocenters. The van der Waals surface area contributed by atoms with Gasteiger partial charge in [-0.15, -0.1) is 0 Å². The predicted octanol–water partition coefficient (Wildman–Crippen LogP) is 3.25. The monoisotopic (exact) mass is 326 g/mol. The molecule has 2 aromatic rings. The van der Waals surface area contributed by atoms with Gasteiger partial charge in [0, 0.05) is 39.0 Å². The molecule has 0 bridgehead atoms. The Kier molecular flexibility index (Phi) is 7.43. The predicted molar refractivity (Wildman–Crippen MR) is 95.7 cm³/mol. The molecular formula is C20H26N2O2. The highest BCUT2D eigenvalue weighted by Crippen LogP contribution is 2.11. The summed E-state index contributed by atoms with van der Waals surface area (Å²) in [6, 6.07) is 12.4. The summed E-state index contributed by atoms with van der Waals surface area (Å²) < 4.78 is 5.16. The van der Waals surface area contributed by atoms with Crippen LogP contribution in [0.2, 0.25) is 0 Å². The van der Waals surface area contributed by atoms with Gasteiger partial charge in [0.2, 0.25) is 5.91 Å². The third-order valence-corrected chi connectivity index (χ3v) is 4.07. The number of amides is 1. The largest absolute Gasteiger partial charge is 0.383 e. The number of nitrogens with zero attached hydrogens (tertiary/aromatic N) is 2. The SMILES string of the molecule is CCc1ccc(CN(CCOC)C(=O)CCc2cccnc2)cc1. The van der Waals surface area contributed by atoms with Crippen LogP contribution in [-0.4, -0.2) is 36.1 Å². The van der Waals surface area contributed by atoms with Crippen LogP contribution in [0.25, 0.3) is 0 Å². The molecule has 4 heteroatoms. The molecule has 4 nitrogen and oxygen atoms in total. The third kappa shape index (κ3) is 5.78. The van der Waals surface area contributed by atoms with Crippen molar-refractivity contribution in [2.45, 2.75) is 32.7 Å². The summed E-state index contributed by atoms with van der Waals surface area (Å²) in [6.07, 6.45) is 5.79. The summed E-state index contributed by atoms with van der Waals surface area (Å²) in [6.45, 7) is 3.92. The average Bonchev–Trinajstić information content (AvgIpc) is 2.64. The highest BCUT2D eigenvalue weighted by atomic mass is 16.5. The summed E-state index contributed by atoms with van der Waals surface area (Å²) in [5.74, 6) is 0.149. The van der Waals surface area contributed by atoms with E-state index in [2.05, 4.69) is 36.2 Å². The Morgan fingerprint density at radius 1 is 1.12 bits per heavy atom. The van der Waals surface area contributed by atoms with Gasteiger partial charge in [0.05, 0.1) is 6.61 Å². The fourth-order valence-corrected chi connectivity index (χ4v) is 2.55. The van der Waals surface area contributed by atoms with Gasteiger partial charge in [-0.3, -0.25) is 9.78 Å². The summed E-state index contributed by atoms with van der Waals surface area (Å²) in [7, 11) is 1.66. The maximum Gasteiger partial charge on any atom is 0.223 e. The van der Waals surface area contributed by atoms with Crippen molar-refractivity contribution < 1.29 is 9.53 Å². The lowest BCUT2D eigenvalue weighted by atomic mass is 10.1. The van der Waals surface area contributed by atoms with Crippen molar-refractivity contribution >= 4 is 5.91 Å². The van der Waals surface area contributed by atoms with Crippen molar-refractivity contribution in [3.05, 3.63) is 65.5 Å². The maximum absolute atomic E-state index is 12.6. The number of ether oxygens (including phenoxy) is 1. The van der Waals surface area contributed by atoms with E-state index in [4.69, 9.17) is 4.74 Å². The van der Waals surface area contributed by atoms with Crippen LogP contribution in [0.4, 0.5) is 0 Å². The fraction of sp³-hybridized carbons (Fsp3) is 0.400. The zero-order chi connectivity index (χ0) is 17.2. The van der Waals surface area contributed by atoms with Gasteiger partial charge in [0.25, 0.3) is 0 Å².